The van der Waals surface area contributed by atoms with Gasteiger partial charge in [-0.2, -0.15) is 0 Å². The molecule has 0 amide bonds. The molecule has 0 aliphatic carbocycles. The Morgan fingerprint density at radius 3 is 1.28 bits per heavy atom. The molecule has 10 rings (SSSR count). The van der Waals surface area contributed by atoms with Crippen molar-refractivity contribution in [1.82, 2.24) is 34.9 Å². The van der Waals surface area contributed by atoms with Crippen molar-refractivity contribution < 1.29 is 9.13 Å². The first-order valence-corrected chi connectivity index (χ1v) is 24.3. The lowest BCUT2D eigenvalue weighted by Crippen LogP contribution is -2.25. The van der Waals surface area contributed by atoms with Gasteiger partial charge in [0, 0.05) is 64.8 Å². The zero-order valence-corrected chi connectivity index (χ0v) is 35.6. The van der Waals surface area contributed by atoms with Gasteiger partial charge in [-0.05, 0) is 60.7 Å². The van der Waals surface area contributed by atoms with Crippen LogP contribution in [0.4, 0.5) is 0 Å². The van der Waals surface area contributed by atoms with E-state index in [1.807, 2.05) is 187 Å². The van der Waals surface area contributed by atoms with E-state index in [2.05, 4.69) is 30.4 Å². The van der Waals surface area contributed by atoms with Gasteiger partial charge in [-0.1, -0.05) is 145 Å². The van der Waals surface area contributed by atoms with Crippen molar-refractivity contribution in [3.8, 4) is 5.95 Å². The molecule has 0 saturated carbocycles. The summed E-state index contributed by atoms with van der Waals surface area (Å²) < 4.78 is 34.0. The predicted molar refractivity (Wildman–Crippen MR) is 247 cm³/mol. The van der Waals surface area contributed by atoms with Gasteiger partial charge < -0.3 is 9.13 Å². The molecule has 6 aromatic carbocycles. The van der Waals surface area contributed by atoms with Crippen molar-refractivity contribution >= 4 is 91.4 Å². The summed E-state index contributed by atoms with van der Waals surface area (Å²) in [6, 6.07) is 58.4. The van der Waals surface area contributed by atoms with Crippen LogP contribution in [0.1, 0.15) is 0 Å². The zero-order valence-electron chi connectivity index (χ0n) is 32.2. The van der Waals surface area contributed by atoms with Gasteiger partial charge in [0.15, 0.2) is 20.6 Å². The molecule has 13 heteroatoms. The standard InChI is InChI=1S/C48H33N7O2P2S2/c56-58(34-13-3-1-4-14-34,36-17-11-19-40(29-36)60-46-21-7-9-27-49-46)38-23-25-42-43-26-24-39(32-45(43)55(44(42)31-38)48-53-51-33-52-54-48)59(57,35-15-5-2-6-16-35)37-18-12-20-41(30-37)61-47-22-8-10-28-50-47/h1-33H. The number of hydrogen-bond acceptors (Lipinski definition) is 10. The van der Waals surface area contributed by atoms with Crippen molar-refractivity contribution in [3.05, 3.63) is 201 Å². The van der Waals surface area contributed by atoms with Crippen molar-refractivity contribution in [2.24, 2.45) is 0 Å². The third-order valence-electron chi connectivity index (χ3n) is 10.4. The Labute approximate surface area is 360 Å². The monoisotopic (exact) mass is 865 g/mol. The van der Waals surface area contributed by atoms with E-state index < -0.39 is 14.3 Å². The second-order valence-corrected chi connectivity index (χ2v) is 21.7. The fourth-order valence-corrected chi connectivity index (χ4v) is 14.8. The van der Waals surface area contributed by atoms with Crippen molar-refractivity contribution in [3.63, 3.8) is 0 Å². The van der Waals surface area contributed by atoms with Gasteiger partial charge >= 0.3 is 0 Å². The van der Waals surface area contributed by atoms with Crippen molar-refractivity contribution in [1.29, 1.82) is 0 Å². The molecule has 0 radical (unpaired) electrons. The quantitative estimate of drug-likeness (QED) is 0.117. The molecular weight excluding hydrogens is 833 g/mol. The van der Waals surface area contributed by atoms with E-state index in [4.69, 9.17) is 0 Å². The van der Waals surface area contributed by atoms with E-state index in [9.17, 15) is 0 Å². The van der Waals surface area contributed by atoms with Gasteiger partial charge in [0.05, 0.1) is 11.0 Å². The van der Waals surface area contributed by atoms with Gasteiger partial charge in [-0.15, -0.1) is 20.4 Å². The molecule has 10 aromatic rings. The summed E-state index contributed by atoms with van der Waals surface area (Å²) in [5, 5.41) is 24.5. The van der Waals surface area contributed by atoms with Gasteiger partial charge in [0.1, 0.15) is 10.1 Å². The number of rotatable bonds is 11. The van der Waals surface area contributed by atoms with Crippen LogP contribution in [0.3, 0.4) is 0 Å². The van der Waals surface area contributed by atoms with E-state index >= 15 is 9.13 Å². The van der Waals surface area contributed by atoms with Crippen LogP contribution in [0.5, 0.6) is 0 Å². The Hall–Kier alpha value is -6.48. The highest BCUT2D eigenvalue weighted by molar-refractivity contribution is 7.99. The van der Waals surface area contributed by atoms with Crippen LogP contribution in [-0.4, -0.2) is 34.9 Å². The lowest BCUT2D eigenvalue weighted by Gasteiger charge is -2.21. The minimum atomic E-state index is -3.48. The molecule has 0 bridgehead atoms. The van der Waals surface area contributed by atoms with E-state index in [0.29, 0.717) is 42.9 Å². The van der Waals surface area contributed by atoms with Crippen LogP contribution >= 0.6 is 37.8 Å². The molecule has 2 unspecified atom stereocenters. The van der Waals surface area contributed by atoms with Gasteiger partial charge in [0.25, 0.3) is 5.95 Å². The van der Waals surface area contributed by atoms with Crippen LogP contribution in [-0.2, 0) is 9.13 Å². The summed E-state index contributed by atoms with van der Waals surface area (Å²) in [7, 11) is -6.97. The molecule has 294 valence electrons. The smallest absolute Gasteiger partial charge is 0.273 e. The number of benzene rings is 6. The summed E-state index contributed by atoms with van der Waals surface area (Å²) in [4.78, 5) is 10.8. The highest BCUT2D eigenvalue weighted by Crippen LogP contribution is 2.47. The lowest BCUT2D eigenvalue weighted by atomic mass is 10.1. The molecule has 0 fully saturated rings. The molecule has 0 spiro atoms. The second-order valence-electron chi connectivity index (χ2n) is 14.0. The molecule has 0 aliphatic rings. The molecule has 0 N–H and O–H groups in total. The zero-order chi connectivity index (χ0) is 41.2. The fraction of sp³-hybridized carbons (Fsp3) is 0. The fourth-order valence-electron chi connectivity index (χ4n) is 7.60. The van der Waals surface area contributed by atoms with Crippen molar-refractivity contribution in [2.75, 3.05) is 0 Å². The largest absolute Gasteiger partial charge is 0.309 e. The normalized spacial score (nSPS) is 13.4. The summed E-state index contributed by atoms with van der Waals surface area (Å²) in [6.45, 7) is 0. The Morgan fingerprint density at radius 2 is 0.836 bits per heavy atom. The van der Waals surface area contributed by atoms with E-state index in [-0.39, 0.29) is 5.95 Å². The lowest BCUT2D eigenvalue weighted by molar-refractivity contribution is 0.591. The molecule has 4 aromatic heterocycles. The molecule has 9 nitrogen and oxygen atoms in total. The number of hydrogen-bond donors (Lipinski definition) is 0. The first kappa shape index (κ1) is 38.7. The SMILES string of the molecule is O=P(c1ccccc1)(c1cccc(Sc2ccccn2)c1)c1ccc2c3ccc(P(=O)(c4ccccc4)c4cccc(Sc5ccccn5)c4)cc3n(-c3nncnn3)c2c1. The summed E-state index contributed by atoms with van der Waals surface area (Å²) in [6.07, 6.45) is 4.82. The van der Waals surface area contributed by atoms with Crippen LogP contribution in [0.2, 0.25) is 0 Å². The highest BCUT2D eigenvalue weighted by atomic mass is 32.2. The average molecular weight is 866 g/mol. The first-order valence-electron chi connectivity index (χ1n) is 19.3. The predicted octanol–water partition coefficient (Wildman–Crippen LogP) is 8.73. The van der Waals surface area contributed by atoms with Gasteiger partial charge in [-0.3, -0.25) is 4.57 Å². The Bertz CT molecular complexity index is 3070. The van der Waals surface area contributed by atoms with E-state index in [1.54, 1.807) is 12.4 Å². The minimum absolute atomic E-state index is 0.225. The molecule has 2 atom stereocenters. The van der Waals surface area contributed by atoms with Crippen LogP contribution in [0.15, 0.2) is 221 Å². The number of pyridine rings is 2. The maximum Gasteiger partial charge on any atom is 0.273 e. The topological polar surface area (TPSA) is 116 Å². The Kier molecular flexibility index (Phi) is 10.5. The number of fused-ring (bicyclic) bond motifs is 3. The van der Waals surface area contributed by atoms with Crippen LogP contribution < -0.4 is 31.8 Å². The maximum absolute atomic E-state index is 16.0. The summed E-state index contributed by atoms with van der Waals surface area (Å²) in [5.74, 6) is 0.225. The minimum Gasteiger partial charge on any atom is -0.309 e. The molecular formula is C48H33N7O2P2S2. The molecule has 61 heavy (non-hydrogen) atoms. The second kappa shape index (κ2) is 16.5. The van der Waals surface area contributed by atoms with Crippen LogP contribution in [0.25, 0.3) is 27.8 Å². The van der Waals surface area contributed by atoms with E-state index in [1.165, 1.54) is 29.9 Å². The highest BCUT2D eigenvalue weighted by Gasteiger charge is 2.33. The Balaban J connectivity index is 1.17. The molecule has 0 saturated heterocycles. The Morgan fingerprint density at radius 1 is 0.410 bits per heavy atom. The number of nitrogens with zero attached hydrogens (tertiary/aromatic N) is 7. The first-order chi connectivity index (χ1) is 30.0. The maximum atomic E-state index is 16.0. The molecule has 4 heterocycles. The number of aromatic nitrogens is 7. The third kappa shape index (κ3) is 7.30. The third-order valence-corrected chi connectivity index (χ3v) is 18.3. The summed E-state index contributed by atoms with van der Waals surface area (Å²) >= 11 is 3.04. The van der Waals surface area contributed by atoms with Crippen molar-refractivity contribution in [2.45, 2.75) is 19.8 Å². The van der Waals surface area contributed by atoms with Gasteiger partial charge in [0.2, 0.25) is 0 Å². The van der Waals surface area contributed by atoms with Crippen LogP contribution in [0, 0.1) is 0 Å². The molecule has 0 aliphatic heterocycles. The van der Waals surface area contributed by atoms with Gasteiger partial charge in [-0.25, -0.2) is 9.97 Å². The van der Waals surface area contributed by atoms with E-state index in [0.717, 1.165) is 30.6 Å². The summed E-state index contributed by atoms with van der Waals surface area (Å²) in [5.41, 5.74) is 1.41. The average Bonchev–Trinajstić information content (AvgIpc) is 3.66.